The van der Waals surface area contributed by atoms with Gasteiger partial charge >= 0.3 is 0 Å². The minimum atomic E-state index is -0.455. The average Bonchev–Trinajstić information content (AvgIpc) is 2.96. The van der Waals surface area contributed by atoms with Gasteiger partial charge in [-0.3, -0.25) is 9.59 Å². The van der Waals surface area contributed by atoms with E-state index < -0.39 is 6.04 Å². The standard InChI is InChI=1S/C14H19N5O2/c1-4-12(20)19-7-5-6-11(19)13(21)17-10-8-15-14(16-9-10)18(2)3/h4,8-9,11H,1,5-7H2,2-3H3,(H,17,21). The topological polar surface area (TPSA) is 78.4 Å². The molecule has 2 rings (SSSR count). The molecular formula is C14H19N5O2. The lowest BCUT2D eigenvalue weighted by Crippen LogP contribution is -2.42. The summed E-state index contributed by atoms with van der Waals surface area (Å²) in [5.74, 6) is 0.132. The van der Waals surface area contributed by atoms with E-state index in [0.29, 0.717) is 24.6 Å². The van der Waals surface area contributed by atoms with Crippen LogP contribution in [0.3, 0.4) is 0 Å². The van der Waals surface area contributed by atoms with Crippen LogP contribution in [0.15, 0.2) is 25.0 Å². The predicted molar refractivity (Wildman–Crippen MR) is 79.9 cm³/mol. The molecule has 0 aromatic carbocycles. The molecular weight excluding hydrogens is 270 g/mol. The first kappa shape index (κ1) is 15.0. The van der Waals surface area contributed by atoms with E-state index in [2.05, 4.69) is 21.9 Å². The molecule has 112 valence electrons. The van der Waals surface area contributed by atoms with E-state index in [4.69, 9.17) is 0 Å². The molecule has 2 amide bonds. The van der Waals surface area contributed by atoms with Gasteiger partial charge in [0.05, 0.1) is 18.1 Å². The van der Waals surface area contributed by atoms with Gasteiger partial charge in [-0.1, -0.05) is 6.58 Å². The molecule has 1 aromatic heterocycles. The Labute approximate surface area is 123 Å². The summed E-state index contributed by atoms with van der Waals surface area (Å²) in [6.45, 7) is 4.04. The van der Waals surface area contributed by atoms with Gasteiger partial charge in [-0.05, 0) is 18.9 Å². The Morgan fingerprint density at radius 2 is 2.10 bits per heavy atom. The number of carbonyl (C=O) groups is 2. The maximum atomic E-state index is 12.3. The fraction of sp³-hybridized carbons (Fsp3) is 0.429. The molecule has 7 heteroatoms. The Balaban J connectivity index is 2.03. The van der Waals surface area contributed by atoms with Gasteiger partial charge in [0.15, 0.2) is 0 Å². The molecule has 0 spiro atoms. The van der Waals surface area contributed by atoms with E-state index in [1.165, 1.54) is 11.0 Å². The molecule has 1 atom stereocenters. The number of nitrogens with one attached hydrogen (secondary N) is 1. The van der Waals surface area contributed by atoms with Crippen LogP contribution < -0.4 is 10.2 Å². The van der Waals surface area contributed by atoms with Crippen LogP contribution >= 0.6 is 0 Å². The lowest BCUT2D eigenvalue weighted by molar-refractivity contribution is -0.132. The van der Waals surface area contributed by atoms with Crippen molar-refractivity contribution in [2.75, 3.05) is 30.9 Å². The molecule has 21 heavy (non-hydrogen) atoms. The smallest absolute Gasteiger partial charge is 0.247 e. The SMILES string of the molecule is C=CC(=O)N1CCCC1C(=O)Nc1cnc(N(C)C)nc1. The van der Waals surface area contributed by atoms with E-state index >= 15 is 0 Å². The summed E-state index contributed by atoms with van der Waals surface area (Å²) in [6, 6.07) is -0.455. The number of nitrogens with zero attached hydrogens (tertiary/aromatic N) is 4. The third-order valence-corrected chi connectivity index (χ3v) is 3.32. The average molecular weight is 289 g/mol. The highest BCUT2D eigenvalue weighted by Gasteiger charge is 2.32. The molecule has 7 nitrogen and oxygen atoms in total. The Morgan fingerprint density at radius 1 is 1.43 bits per heavy atom. The molecule has 1 unspecified atom stereocenters. The Bertz CT molecular complexity index is 541. The normalized spacial score (nSPS) is 17.4. The summed E-state index contributed by atoms with van der Waals surface area (Å²) in [5, 5.41) is 2.75. The molecule has 0 saturated carbocycles. The highest BCUT2D eigenvalue weighted by molar-refractivity contribution is 5.99. The molecule has 0 bridgehead atoms. The zero-order valence-corrected chi connectivity index (χ0v) is 12.2. The van der Waals surface area contributed by atoms with Gasteiger partial charge in [0.1, 0.15) is 6.04 Å². The largest absolute Gasteiger partial charge is 0.347 e. The highest BCUT2D eigenvalue weighted by atomic mass is 16.2. The van der Waals surface area contributed by atoms with E-state index in [0.717, 1.165) is 6.42 Å². The van der Waals surface area contributed by atoms with Crippen molar-refractivity contribution in [3.63, 3.8) is 0 Å². The van der Waals surface area contributed by atoms with Crippen molar-refractivity contribution in [1.29, 1.82) is 0 Å². The maximum Gasteiger partial charge on any atom is 0.247 e. The van der Waals surface area contributed by atoms with Gasteiger partial charge in [-0.25, -0.2) is 9.97 Å². The summed E-state index contributed by atoms with van der Waals surface area (Å²) in [5.41, 5.74) is 0.517. The maximum absolute atomic E-state index is 12.3. The molecule has 1 fully saturated rings. The zero-order valence-electron chi connectivity index (χ0n) is 12.2. The molecule has 1 N–H and O–H groups in total. The van der Waals surface area contributed by atoms with Crippen LogP contribution in [-0.2, 0) is 9.59 Å². The lowest BCUT2D eigenvalue weighted by atomic mass is 10.2. The summed E-state index contributed by atoms with van der Waals surface area (Å²) in [7, 11) is 3.68. The molecule has 1 aliphatic heterocycles. The Kier molecular flexibility index (Phi) is 4.52. The Morgan fingerprint density at radius 3 is 2.67 bits per heavy atom. The second-order valence-electron chi connectivity index (χ2n) is 5.05. The molecule has 1 aliphatic rings. The number of hydrogen-bond donors (Lipinski definition) is 1. The quantitative estimate of drug-likeness (QED) is 0.824. The second kappa shape index (κ2) is 6.34. The van der Waals surface area contributed by atoms with E-state index in [1.54, 1.807) is 17.3 Å². The number of anilines is 2. The summed E-state index contributed by atoms with van der Waals surface area (Å²) < 4.78 is 0. The van der Waals surface area contributed by atoms with Gasteiger partial charge < -0.3 is 15.1 Å². The molecule has 0 radical (unpaired) electrons. The van der Waals surface area contributed by atoms with Crippen LogP contribution in [0, 0.1) is 0 Å². The van der Waals surface area contributed by atoms with Crippen molar-refractivity contribution >= 4 is 23.5 Å². The van der Waals surface area contributed by atoms with Gasteiger partial charge in [0.25, 0.3) is 0 Å². The van der Waals surface area contributed by atoms with Gasteiger partial charge in [-0.15, -0.1) is 0 Å². The summed E-state index contributed by atoms with van der Waals surface area (Å²) >= 11 is 0. The minimum Gasteiger partial charge on any atom is -0.347 e. The summed E-state index contributed by atoms with van der Waals surface area (Å²) in [4.78, 5) is 35.5. The lowest BCUT2D eigenvalue weighted by Gasteiger charge is -2.22. The van der Waals surface area contributed by atoms with Gasteiger partial charge in [0.2, 0.25) is 17.8 Å². The fourth-order valence-electron chi connectivity index (χ4n) is 2.26. The number of likely N-dealkylation sites (tertiary alicyclic amines) is 1. The van der Waals surface area contributed by atoms with Crippen LogP contribution in [0.25, 0.3) is 0 Å². The van der Waals surface area contributed by atoms with Crippen molar-refractivity contribution in [3.05, 3.63) is 25.0 Å². The van der Waals surface area contributed by atoms with E-state index in [-0.39, 0.29) is 11.8 Å². The van der Waals surface area contributed by atoms with Gasteiger partial charge in [-0.2, -0.15) is 0 Å². The van der Waals surface area contributed by atoms with Crippen molar-refractivity contribution in [2.24, 2.45) is 0 Å². The molecule has 1 saturated heterocycles. The van der Waals surface area contributed by atoms with E-state index in [9.17, 15) is 9.59 Å². The second-order valence-corrected chi connectivity index (χ2v) is 5.05. The number of hydrogen-bond acceptors (Lipinski definition) is 5. The predicted octanol–water partition coefficient (Wildman–Crippen LogP) is 0.658. The van der Waals surface area contributed by atoms with Gasteiger partial charge in [0, 0.05) is 20.6 Å². The van der Waals surface area contributed by atoms with Crippen molar-refractivity contribution in [1.82, 2.24) is 14.9 Å². The number of aromatic nitrogens is 2. The van der Waals surface area contributed by atoms with Crippen LogP contribution in [0.5, 0.6) is 0 Å². The third kappa shape index (κ3) is 3.36. The minimum absolute atomic E-state index is 0.216. The highest BCUT2D eigenvalue weighted by Crippen LogP contribution is 2.19. The number of rotatable bonds is 4. The van der Waals surface area contributed by atoms with Crippen molar-refractivity contribution in [3.8, 4) is 0 Å². The van der Waals surface area contributed by atoms with Crippen molar-refractivity contribution in [2.45, 2.75) is 18.9 Å². The molecule has 2 heterocycles. The van der Waals surface area contributed by atoms with Crippen LogP contribution in [0.4, 0.5) is 11.6 Å². The Hall–Kier alpha value is -2.44. The van der Waals surface area contributed by atoms with E-state index in [1.807, 2.05) is 14.1 Å². The first-order valence-electron chi connectivity index (χ1n) is 6.76. The number of amides is 2. The van der Waals surface area contributed by atoms with Crippen LogP contribution in [0.1, 0.15) is 12.8 Å². The van der Waals surface area contributed by atoms with Crippen LogP contribution in [-0.4, -0.2) is 53.4 Å². The summed E-state index contributed by atoms with van der Waals surface area (Å²) in [6.07, 6.45) is 5.81. The fourth-order valence-corrected chi connectivity index (χ4v) is 2.26. The molecule has 0 aliphatic carbocycles. The zero-order chi connectivity index (χ0) is 15.4. The van der Waals surface area contributed by atoms with Crippen molar-refractivity contribution < 1.29 is 9.59 Å². The molecule has 1 aromatic rings. The first-order chi connectivity index (χ1) is 10.0. The van der Waals surface area contributed by atoms with Crippen LogP contribution in [0.2, 0.25) is 0 Å². The first-order valence-corrected chi connectivity index (χ1v) is 6.76. The number of carbonyl (C=O) groups excluding carboxylic acids is 2. The monoisotopic (exact) mass is 289 g/mol. The third-order valence-electron chi connectivity index (χ3n) is 3.32.